The lowest BCUT2D eigenvalue weighted by atomic mass is 9.94. The first-order chi connectivity index (χ1) is 9.74. The number of hydrogen-bond donors (Lipinski definition) is 1. The van der Waals surface area contributed by atoms with Crippen LogP contribution in [0.25, 0.3) is 0 Å². The van der Waals surface area contributed by atoms with Crippen LogP contribution in [0.2, 0.25) is 0 Å². The first kappa shape index (κ1) is 14.8. The molecule has 0 aliphatic carbocycles. The van der Waals surface area contributed by atoms with Crippen molar-refractivity contribution in [1.82, 2.24) is 4.90 Å². The second kappa shape index (κ2) is 6.74. The first-order valence-electron chi connectivity index (χ1n) is 7.23. The number of likely N-dealkylation sites (tertiary alicyclic amines) is 1. The summed E-state index contributed by atoms with van der Waals surface area (Å²) in [6.45, 7) is 4.82. The predicted molar refractivity (Wildman–Crippen MR) is 77.6 cm³/mol. The van der Waals surface area contributed by atoms with E-state index in [2.05, 4.69) is 17.9 Å². The van der Waals surface area contributed by atoms with Crippen molar-refractivity contribution in [3.8, 4) is 11.8 Å². The smallest absolute Gasteiger partial charge is 0.119 e. The average Bonchev–Trinajstić information content (AvgIpc) is 2.91. The summed E-state index contributed by atoms with van der Waals surface area (Å²) in [5, 5.41) is 18.4. The van der Waals surface area contributed by atoms with Crippen LogP contribution < -0.4 is 4.74 Å². The molecule has 0 bridgehead atoms. The van der Waals surface area contributed by atoms with Gasteiger partial charge < -0.3 is 9.84 Å². The van der Waals surface area contributed by atoms with Crippen molar-refractivity contribution in [2.24, 2.45) is 0 Å². The van der Waals surface area contributed by atoms with Crippen molar-refractivity contribution < 1.29 is 9.84 Å². The molecular formula is C16H22N2O2. The molecule has 1 aliphatic heterocycles. The molecule has 1 aliphatic rings. The Hall–Kier alpha value is -1.57. The highest BCUT2D eigenvalue weighted by molar-refractivity contribution is 5.34. The maximum atomic E-state index is 9.65. The van der Waals surface area contributed by atoms with Gasteiger partial charge in [0.2, 0.25) is 0 Å². The molecule has 1 fully saturated rings. The number of nitriles is 1. The summed E-state index contributed by atoms with van der Waals surface area (Å²) >= 11 is 0. The topological polar surface area (TPSA) is 56.5 Å². The van der Waals surface area contributed by atoms with Crippen LogP contribution in [0.3, 0.4) is 0 Å². The van der Waals surface area contributed by atoms with Crippen LogP contribution in [-0.2, 0) is 0 Å². The summed E-state index contributed by atoms with van der Waals surface area (Å²) in [5.74, 6) is 0.786. The Kier molecular flexibility index (Phi) is 4.99. The van der Waals surface area contributed by atoms with Gasteiger partial charge in [-0.3, -0.25) is 4.90 Å². The molecule has 4 heteroatoms. The van der Waals surface area contributed by atoms with E-state index in [0.717, 1.165) is 38.1 Å². The number of nitrogens with zero attached hydrogens (tertiary/aromatic N) is 2. The maximum Gasteiger partial charge on any atom is 0.119 e. The Morgan fingerprint density at radius 2 is 2.15 bits per heavy atom. The lowest BCUT2D eigenvalue weighted by molar-refractivity contribution is 0.0508. The van der Waals surface area contributed by atoms with Crippen molar-refractivity contribution in [1.29, 1.82) is 5.26 Å². The summed E-state index contributed by atoms with van der Waals surface area (Å²) in [4.78, 5) is 2.34. The van der Waals surface area contributed by atoms with Crippen LogP contribution in [0.4, 0.5) is 0 Å². The van der Waals surface area contributed by atoms with E-state index in [9.17, 15) is 5.11 Å². The summed E-state index contributed by atoms with van der Waals surface area (Å²) in [5.41, 5.74) is 0.593. The number of ether oxygens (including phenoxy) is 1. The van der Waals surface area contributed by atoms with E-state index in [1.54, 1.807) is 12.1 Å². The molecule has 1 saturated heterocycles. The van der Waals surface area contributed by atoms with Gasteiger partial charge in [-0.2, -0.15) is 5.26 Å². The fourth-order valence-corrected chi connectivity index (χ4v) is 2.93. The molecule has 1 heterocycles. The zero-order chi connectivity index (χ0) is 14.4. The van der Waals surface area contributed by atoms with Gasteiger partial charge in [-0.1, -0.05) is 6.92 Å². The standard InChI is InChI=1S/C16H22N2O2/c1-2-16(13-19)8-3-9-18(16)10-11-20-15-6-4-14(12-17)5-7-15/h4-7,19H,2-3,8-11,13H2,1H3. The summed E-state index contributed by atoms with van der Waals surface area (Å²) in [7, 11) is 0. The normalized spacial score (nSPS) is 22.6. The van der Waals surface area contributed by atoms with Crippen LogP contribution in [0.1, 0.15) is 31.7 Å². The molecule has 4 nitrogen and oxygen atoms in total. The Labute approximate surface area is 120 Å². The molecule has 20 heavy (non-hydrogen) atoms. The summed E-state index contributed by atoms with van der Waals surface area (Å²) < 4.78 is 5.72. The van der Waals surface area contributed by atoms with Crippen LogP contribution in [0, 0.1) is 11.3 Å². The zero-order valence-corrected chi connectivity index (χ0v) is 12.0. The first-order valence-corrected chi connectivity index (χ1v) is 7.23. The summed E-state index contributed by atoms with van der Waals surface area (Å²) in [6.07, 6.45) is 3.18. The van der Waals surface area contributed by atoms with Gasteiger partial charge in [0.1, 0.15) is 12.4 Å². The van der Waals surface area contributed by atoms with Crippen LogP contribution in [0.15, 0.2) is 24.3 Å². The molecule has 1 aromatic rings. The maximum absolute atomic E-state index is 9.65. The fourth-order valence-electron chi connectivity index (χ4n) is 2.93. The highest BCUT2D eigenvalue weighted by Gasteiger charge is 2.38. The number of benzene rings is 1. The quantitative estimate of drug-likeness (QED) is 0.864. The van der Waals surface area contributed by atoms with Gasteiger partial charge in [0.05, 0.1) is 18.2 Å². The van der Waals surface area contributed by atoms with Crippen LogP contribution >= 0.6 is 0 Å². The molecule has 0 radical (unpaired) electrons. The SMILES string of the molecule is CCC1(CO)CCCN1CCOc1ccc(C#N)cc1. The molecule has 0 spiro atoms. The van der Waals surface area contributed by atoms with Crippen molar-refractivity contribution in [2.75, 3.05) is 26.3 Å². The average molecular weight is 274 g/mol. The van der Waals surface area contributed by atoms with Crippen LogP contribution in [-0.4, -0.2) is 41.8 Å². The second-order valence-electron chi connectivity index (χ2n) is 5.31. The molecule has 1 atom stereocenters. The fraction of sp³-hybridized carbons (Fsp3) is 0.562. The third-order valence-electron chi connectivity index (χ3n) is 4.31. The van der Waals surface area contributed by atoms with E-state index < -0.39 is 0 Å². The number of rotatable bonds is 6. The monoisotopic (exact) mass is 274 g/mol. The van der Waals surface area contributed by atoms with Crippen LogP contribution in [0.5, 0.6) is 5.75 Å². The molecule has 0 aromatic heterocycles. The third-order valence-corrected chi connectivity index (χ3v) is 4.31. The zero-order valence-electron chi connectivity index (χ0n) is 12.0. The van der Waals surface area contributed by atoms with E-state index in [-0.39, 0.29) is 12.1 Å². The van der Waals surface area contributed by atoms with Gasteiger partial charge in [-0.05, 0) is 50.1 Å². The highest BCUT2D eigenvalue weighted by Crippen LogP contribution is 2.31. The van der Waals surface area contributed by atoms with Gasteiger partial charge in [0, 0.05) is 12.1 Å². The Morgan fingerprint density at radius 1 is 1.40 bits per heavy atom. The number of aliphatic hydroxyl groups excluding tert-OH is 1. The minimum atomic E-state index is -0.0476. The third kappa shape index (κ3) is 3.12. The number of aliphatic hydroxyl groups is 1. The minimum absolute atomic E-state index is 0.0476. The molecule has 0 amide bonds. The molecular weight excluding hydrogens is 252 g/mol. The largest absolute Gasteiger partial charge is 0.492 e. The molecule has 1 unspecified atom stereocenters. The van der Waals surface area contributed by atoms with Gasteiger partial charge in [0.15, 0.2) is 0 Å². The Balaban J connectivity index is 1.84. The van der Waals surface area contributed by atoms with Gasteiger partial charge in [-0.15, -0.1) is 0 Å². The van der Waals surface area contributed by atoms with E-state index in [0.29, 0.717) is 12.2 Å². The predicted octanol–water partition coefficient (Wildman–Crippen LogP) is 2.17. The van der Waals surface area contributed by atoms with Crippen molar-refractivity contribution >= 4 is 0 Å². The lowest BCUT2D eigenvalue weighted by Crippen LogP contribution is -2.48. The van der Waals surface area contributed by atoms with E-state index in [1.807, 2.05) is 12.1 Å². The van der Waals surface area contributed by atoms with Gasteiger partial charge >= 0.3 is 0 Å². The lowest BCUT2D eigenvalue weighted by Gasteiger charge is -2.36. The molecule has 0 saturated carbocycles. The molecule has 108 valence electrons. The Bertz CT molecular complexity index is 460. The second-order valence-corrected chi connectivity index (χ2v) is 5.31. The Morgan fingerprint density at radius 3 is 2.75 bits per heavy atom. The highest BCUT2D eigenvalue weighted by atomic mass is 16.5. The number of hydrogen-bond acceptors (Lipinski definition) is 4. The molecule has 1 aromatic carbocycles. The van der Waals surface area contributed by atoms with Crippen molar-refractivity contribution in [2.45, 2.75) is 31.7 Å². The van der Waals surface area contributed by atoms with Gasteiger partial charge in [-0.25, -0.2) is 0 Å². The molecule has 1 N–H and O–H groups in total. The van der Waals surface area contributed by atoms with E-state index in [1.165, 1.54) is 0 Å². The van der Waals surface area contributed by atoms with E-state index in [4.69, 9.17) is 10.00 Å². The minimum Gasteiger partial charge on any atom is -0.492 e. The van der Waals surface area contributed by atoms with E-state index >= 15 is 0 Å². The van der Waals surface area contributed by atoms with Crippen molar-refractivity contribution in [3.63, 3.8) is 0 Å². The van der Waals surface area contributed by atoms with Crippen molar-refractivity contribution in [3.05, 3.63) is 29.8 Å². The molecule has 2 rings (SSSR count). The van der Waals surface area contributed by atoms with Gasteiger partial charge in [0.25, 0.3) is 0 Å². The summed E-state index contributed by atoms with van der Waals surface area (Å²) in [6, 6.07) is 9.25.